The van der Waals surface area contributed by atoms with Gasteiger partial charge < -0.3 is 19.9 Å². The van der Waals surface area contributed by atoms with Gasteiger partial charge in [-0.25, -0.2) is 32.4 Å². The lowest BCUT2D eigenvalue weighted by Crippen LogP contribution is -2.47. The van der Waals surface area contributed by atoms with Crippen molar-refractivity contribution in [2.24, 2.45) is 0 Å². The molecule has 0 atom stereocenters. The van der Waals surface area contributed by atoms with Crippen LogP contribution in [0.15, 0.2) is 66.1 Å². The van der Waals surface area contributed by atoms with Crippen molar-refractivity contribution >= 4 is 18.0 Å². The molecule has 0 fully saturated rings. The molecule has 13 heteroatoms. The molecule has 0 bridgehead atoms. The Labute approximate surface area is 238 Å². The molecule has 222 valence electrons. The number of carbonyl (C=O) groups excluding carboxylic acids is 2. The SMILES string of the molecule is C=CCN(C(=O)OC(C)(C)C)n1cc(C(=O)NCc2c(F)cc(F)cc2F)c(=O)c(OCc2ccccc2)c1C(=O)O. The molecule has 10 nitrogen and oxygen atoms in total. The van der Waals surface area contributed by atoms with E-state index in [1.165, 1.54) is 6.08 Å². The van der Waals surface area contributed by atoms with E-state index in [9.17, 15) is 37.5 Å². The Morgan fingerprint density at radius 1 is 1.10 bits per heavy atom. The predicted molar refractivity (Wildman–Crippen MR) is 145 cm³/mol. The lowest BCUT2D eigenvalue weighted by Gasteiger charge is -2.30. The summed E-state index contributed by atoms with van der Waals surface area (Å²) in [6.07, 6.45) is 0.962. The Balaban J connectivity index is 2.16. The zero-order valence-electron chi connectivity index (χ0n) is 22.9. The monoisotopic (exact) mass is 587 g/mol. The van der Waals surface area contributed by atoms with Crippen LogP contribution in [0.2, 0.25) is 0 Å². The summed E-state index contributed by atoms with van der Waals surface area (Å²) >= 11 is 0. The third kappa shape index (κ3) is 7.56. The average molecular weight is 588 g/mol. The number of ether oxygens (including phenoxy) is 2. The Morgan fingerprint density at radius 2 is 1.71 bits per heavy atom. The number of amides is 2. The highest BCUT2D eigenvalue weighted by Gasteiger charge is 2.31. The van der Waals surface area contributed by atoms with Gasteiger partial charge >= 0.3 is 12.1 Å². The fraction of sp³-hybridized carbons (Fsp3) is 0.241. The fourth-order valence-corrected chi connectivity index (χ4v) is 3.68. The molecule has 1 aromatic heterocycles. The van der Waals surface area contributed by atoms with Crippen molar-refractivity contribution < 1.29 is 42.1 Å². The van der Waals surface area contributed by atoms with Gasteiger partial charge in [0.15, 0.2) is 5.69 Å². The van der Waals surface area contributed by atoms with Crippen LogP contribution in [-0.4, -0.2) is 39.9 Å². The summed E-state index contributed by atoms with van der Waals surface area (Å²) in [6, 6.07) is 9.22. The molecule has 2 aromatic carbocycles. The van der Waals surface area contributed by atoms with E-state index in [4.69, 9.17) is 9.47 Å². The molecule has 0 saturated heterocycles. The Morgan fingerprint density at radius 3 is 2.26 bits per heavy atom. The minimum Gasteiger partial charge on any atom is -0.482 e. The predicted octanol–water partition coefficient (Wildman–Crippen LogP) is 4.53. The number of aromatic nitrogens is 1. The normalized spacial score (nSPS) is 11.0. The van der Waals surface area contributed by atoms with Crippen molar-refractivity contribution in [3.05, 3.63) is 111 Å². The number of nitrogens with one attached hydrogen (secondary N) is 1. The second-order valence-electron chi connectivity index (χ2n) is 9.86. The number of benzene rings is 2. The molecule has 2 amide bonds. The minimum atomic E-state index is -1.69. The van der Waals surface area contributed by atoms with E-state index < -0.39 is 75.6 Å². The number of carbonyl (C=O) groups is 3. The molecular formula is C29H28F3N3O7. The van der Waals surface area contributed by atoms with Gasteiger partial charge in [0.25, 0.3) is 5.91 Å². The molecule has 0 aliphatic heterocycles. The van der Waals surface area contributed by atoms with Crippen LogP contribution < -0.4 is 20.5 Å². The highest BCUT2D eigenvalue weighted by Crippen LogP contribution is 2.21. The van der Waals surface area contributed by atoms with Gasteiger partial charge in [0, 0.05) is 30.4 Å². The molecule has 0 aliphatic carbocycles. The van der Waals surface area contributed by atoms with E-state index >= 15 is 0 Å². The lowest BCUT2D eigenvalue weighted by atomic mass is 10.1. The van der Waals surface area contributed by atoms with E-state index in [1.807, 2.05) is 0 Å². The molecule has 1 heterocycles. The van der Waals surface area contributed by atoms with Gasteiger partial charge in [0.05, 0.1) is 6.54 Å². The first-order chi connectivity index (χ1) is 19.7. The third-order valence-corrected chi connectivity index (χ3v) is 5.52. The zero-order valence-corrected chi connectivity index (χ0v) is 22.9. The van der Waals surface area contributed by atoms with Crippen molar-refractivity contribution in [1.82, 2.24) is 9.99 Å². The number of carboxylic acid groups (broad SMARTS) is 1. The van der Waals surface area contributed by atoms with E-state index in [0.717, 1.165) is 11.2 Å². The summed E-state index contributed by atoms with van der Waals surface area (Å²) < 4.78 is 53.3. The first kappa shape index (κ1) is 31.5. The van der Waals surface area contributed by atoms with Gasteiger partial charge in [-0.05, 0) is 26.3 Å². The van der Waals surface area contributed by atoms with E-state index in [-0.39, 0.29) is 13.2 Å². The molecule has 0 radical (unpaired) electrons. The maximum absolute atomic E-state index is 14.1. The number of aromatic carboxylic acids is 1. The van der Waals surface area contributed by atoms with Gasteiger partial charge in [-0.15, -0.1) is 6.58 Å². The number of rotatable bonds is 10. The van der Waals surface area contributed by atoms with Crippen molar-refractivity contribution in [3.63, 3.8) is 0 Å². The van der Waals surface area contributed by atoms with Crippen molar-refractivity contribution in [1.29, 1.82) is 0 Å². The molecule has 0 saturated carbocycles. The molecular weight excluding hydrogens is 559 g/mol. The van der Waals surface area contributed by atoms with Gasteiger partial charge in [-0.1, -0.05) is 36.4 Å². The average Bonchev–Trinajstić information content (AvgIpc) is 2.89. The van der Waals surface area contributed by atoms with Crippen LogP contribution in [0.3, 0.4) is 0 Å². The maximum Gasteiger partial charge on any atom is 0.429 e. The van der Waals surface area contributed by atoms with Gasteiger partial charge in [0.1, 0.15) is 35.2 Å². The van der Waals surface area contributed by atoms with Crippen LogP contribution in [0, 0.1) is 17.5 Å². The topological polar surface area (TPSA) is 127 Å². The Hall–Kier alpha value is -5.07. The summed E-state index contributed by atoms with van der Waals surface area (Å²) in [5, 5.41) is 13.0. The van der Waals surface area contributed by atoms with Gasteiger partial charge in [-0.3, -0.25) is 9.59 Å². The van der Waals surface area contributed by atoms with Crippen LogP contribution in [0.1, 0.15) is 52.7 Å². The summed E-state index contributed by atoms with van der Waals surface area (Å²) in [5.41, 5.74) is -3.88. The standard InChI is InChI=1S/C29H28F3N3O7/c1-5-11-34(28(40)42-29(2,3)4)35-15-20(26(37)33-14-19-21(31)12-18(30)13-22(19)32)24(36)25(23(35)27(38)39)41-16-17-9-7-6-8-10-17/h5-10,12-13,15H,1,11,14,16H2,2-4H3,(H,33,37)(H,38,39). The van der Waals surface area contributed by atoms with E-state index in [0.29, 0.717) is 22.4 Å². The maximum atomic E-state index is 14.1. The van der Waals surface area contributed by atoms with E-state index in [2.05, 4.69) is 11.9 Å². The fourth-order valence-electron chi connectivity index (χ4n) is 3.68. The van der Waals surface area contributed by atoms with Crippen molar-refractivity contribution in [3.8, 4) is 5.75 Å². The zero-order chi connectivity index (χ0) is 31.2. The first-order valence-corrected chi connectivity index (χ1v) is 12.5. The smallest absolute Gasteiger partial charge is 0.429 e. The molecule has 0 unspecified atom stereocenters. The summed E-state index contributed by atoms with van der Waals surface area (Å²) in [6.45, 7) is 6.86. The number of hydrogen-bond donors (Lipinski definition) is 2. The lowest BCUT2D eigenvalue weighted by molar-refractivity contribution is 0.0536. The first-order valence-electron chi connectivity index (χ1n) is 12.5. The number of carboxylic acids is 1. The van der Waals surface area contributed by atoms with Crippen LogP contribution in [-0.2, 0) is 17.9 Å². The quantitative estimate of drug-likeness (QED) is 0.334. The molecule has 3 rings (SSSR count). The number of hydrogen-bond acceptors (Lipinski definition) is 6. The molecule has 0 spiro atoms. The van der Waals surface area contributed by atoms with Crippen LogP contribution in [0.4, 0.5) is 18.0 Å². The largest absolute Gasteiger partial charge is 0.482 e. The van der Waals surface area contributed by atoms with Crippen LogP contribution >= 0.6 is 0 Å². The summed E-state index contributed by atoms with van der Waals surface area (Å²) in [5.74, 6) is -7.40. The van der Waals surface area contributed by atoms with Crippen molar-refractivity contribution in [2.75, 3.05) is 11.6 Å². The Bertz CT molecular complexity index is 1540. The van der Waals surface area contributed by atoms with Crippen LogP contribution in [0.25, 0.3) is 0 Å². The van der Waals surface area contributed by atoms with Crippen molar-refractivity contribution in [2.45, 2.75) is 39.5 Å². The summed E-state index contributed by atoms with van der Waals surface area (Å²) in [7, 11) is 0. The van der Waals surface area contributed by atoms with E-state index in [1.54, 1.807) is 51.1 Å². The molecule has 42 heavy (non-hydrogen) atoms. The highest BCUT2D eigenvalue weighted by atomic mass is 19.1. The van der Waals surface area contributed by atoms with Gasteiger partial charge in [-0.2, -0.15) is 0 Å². The number of pyridine rings is 1. The van der Waals surface area contributed by atoms with Crippen LogP contribution in [0.5, 0.6) is 5.75 Å². The number of halogens is 3. The number of nitrogens with zero attached hydrogens (tertiary/aromatic N) is 2. The van der Waals surface area contributed by atoms with Gasteiger partial charge in [0.2, 0.25) is 11.2 Å². The molecule has 3 aromatic rings. The Kier molecular flexibility index (Phi) is 9.78. The highest BCUT2D eigenvalue weighted by molar-refractivity contribution is 5.97. The second kappa shape index (κ2) is 13.1. The second-order valence-corrected chi connectivity index (χ2v) is 9.86. The molecule has 2 N–H and O–H groups in total. The third-order valence-electron chi connectivity index (χ3n) is 5.52. The molecule has 0 aliphatic rings. The summed E-state index contributed by atoms with van der Waals surface area (Å²) in [4.78, 5) is 52.2. The minimum absolute atomic E-state index is 0.290.